The summed E-state index contributed by atoms with van der Waals surface area (Å²) >= 11 is 0. The van der Waals surface area contributed by atoms with Crippen molar-refractivity contribution >= 4 is 5.97 Å². The zero-order valence-electron chi connectivity index (χ0n) is 16.5. The van der Waals surface area contributed by atoms with Gasteiger partial charge in [0.25, 0.3) is 0 Å². The highest BCUT2D eigenvalue weighted by Crippen LogP contribution is 2.24. The lowest BCUT2D eigenvalue weighted by atomic mass is 9.87. The van der Waals surface area contributed by atoms with Gasteiger partial charge in [0, 0.05) is 0 Å². The number of carboxylic acids is 1. The second-order valence-corrected chi connectivity index (χ2v) is 9.14. The molecule has 23 heavy (non-hydrogen) atoms. The van der Waals surface area contributed by atoms with Gasteiger partial charge in [-0.3, -0.25) is 4.79 Å². The van der Waals surface area contributed by atoms with Crippen LogP contribution in [0.4, 0.5) is 0 Å². The molecular formula is C21H42O2. The summed E-state index contributed by atoms with van der Waals surface area (Å²) < 4.78 is 0. The van der Waals surface area contributed by atoms with Crippen LogP contribution in [0.1, 0.15) is 118 Å². The van der Waals surface area contributed by atoms with Crippen molar-refractivity contribution in [2.75, 3.05) is 0 Å². The van der Waals surface area contributed by atoms with Gasteiger partial charge in [-0.05, 0) is 32.1 Å². The molecule has 0 aliphatic rings. The highest BCUT2D eigenvalue weighted by molar-refractivity contribution is 5.73. The molecule has 0 aromatic heterocycles. The molecule has 0 rings (SSSR count). The third-order valence-electron chi connectivity index (χ3n) is 4.81. The van der Waals surface area contributed by atoms with Crippen LogP contribution < -0.4 is 0 Å². The first-order chi connectivity index (χ1) is 10.7. The summed E-state index contributed by atoms with van der Waals surface area (Å²) in [5, 5.41) is 9.06. The largest absolute Gasteiger partial charge is 0.481 e. The molecule has 1 N–H and O–H groups in total. The van der Waals surface area contributed by atoms with Crippen molar-refractivity contribution in [2.45, 2.75) is 118 Å². The summed E-state index contributed by atoms with van der Waals surface area (Å²) in [5.41, 5.74) is -0.0489. The lowest BCUT2D eigenvalue weighted by Crippen LogP contribution is -2.23. The number of carboxylic acid groups (broad SMARTS) is 1. The first kappa shape index (κ1) is 22.5. The molecule has 0 fully saturated rings. The van der Waals surface area contributed by atoms with Crippen LogP contribution >= 0.6 is 0 Å². The maximum atomic E-state index is 11.0. The molecule has 0 aromatic carbocycles. The third kappa shape index (κ3) is 14.8. The van der Waals surface area contributed by atoms with Crippen molar-refractivity contribution in [2.24, 2.45) is 10.8 Å². The van der Waals surface area contributed by atoms with Crippen molar-refractivity contribution < 1.29 is 9.90 Å². The van der Waals surface area contributed by atoms with Crippen LogP contribution in [0.5, 0.6) is 0 Å². The van der Waals surface area contributed by atoms with Gasteiger partial charge in [0.1, 0.15) is 0 Å². The molecule has 0 heterocycles. The van der Waals surface area contributed by atoms with Gasteiger partial charge in [0.15, 0.2) is 0 Å². The Morgan fingerprint density at radius 3 is 1.22 bits per heavy atom. The van der Waals surface area contributed by atoms with E-state index in [2.05, 4.69) is 20.8 Å². The molecule has 0 bridgehead atoms. The Morgan fingerprint density at radius 2 is 0.913 bits per heavy atom. The Hall–Kier alpha value is -0.530. The standard InChI is InChI=1S/C21H42O2/c1-20(2,3)17-15-13-11-9-7-6-8-10-12-14-16-18-21(4,5)19(22)23/h6-18H2,1-5H3,(H,22,23). The molecule has 0 atom stereocenters. The summed E-state index contributed by atoms with van der Waals surface area (Å²) in [5.74, 6) is -0.667. The van der Waals surface area contributed by atoms with Crippen LogP contribution in [-0.2, 0) is 4.79 Å². The Morgan fingerprint density at radius 1 is 0.609 bits per heavy atom. The summed E-state index contributed by atoms with van der Waals surface area (Å²) in [6.07, 6.45) is 16.7. The van der Waals surface area contributed by atoms with Crippen molar-refractivity contribution in [3.63, 3.8) is 0 Å². The Labute approximate surface area is 145 Å². The molecule has 0 saturated carbocycles. The molecular weight excluding hydrogens is 284 g/mol. The van der Waals surface area contributed by atoms with Crippen LogP contribution in [0.3, 0.4) is 0 Å². The van der Waals surface area contributed by atoms with E-state index in [4.69, 9.17) is 5.11 Å². The SMILES string of the molecule is CC(C)(C)CCCCCCCCCCCCCC(C)(C)C(=O)O. The molecule has 0 aromatic rings. The maximum Gasteiger partial charge on any atom is 0.309 e. The third-order valence-corrected chi connectivity index (χ3v) is 4.81. The molecule has 0 unspecified atom stereocenters. The number of unbranched alkanes of at least 4 members (excludes halogenated alkanes) is 10. The van der Waals surface area contributed by atoms with Gasteiger partial charge in [-0.15, -0.1) is 0 Å². The lowest BCUT2D eigenvalue weighted by molar-refractivity contribution is -0.147. The summed E-state index contributed by atoms with van der Waals surface area (Å²) in [6.45, 7) is 10.6. The first-order valence-corrected chi connectivity index (χ1v) is 9.88. The van der Waals surface area contributed by atoms with Gasteiger partial charge in [-0.25, -0.2) is 0 Å². The average molecular weight is 327 g/mol. The van der Waals surface area contributed by atoms with Crippen molar-refractivity contribution in [1.82, 2.24) is 0 Å². The number of rotatable bonds is 14. The fourth-order valence-corrected chi connectivity index (χ4v) is 2.92. The van der Waals surface area contributed by atoms with E-state index in [1.54, 1.807) is 0 Å². The molecule has 2 nitrogen and oxygen atoms in total. The monoisotopic (exact) mass is 326 g/mol. The van der Waals surface area contributed by atoms with Crippen LogP contribution in [0, 0.1) is 10.8 Å². The van der Waals surface area contributed by atoms with Crippen molar-refractivity contribution in [3.8, 4) is 0 Å². The zero-order valence-corrected chi connectivity index (χ0v) is 16.5. The first-order valence-electron chi connectivity index (χ1n) is 9.88. The van der Waals surface area contributed by atoms with Crippen LogP contribution in [0.15, 0.2) is 0 Å². The van der Waals surface area contributed by atoms with Gasteiger partial charge in [-0.1, -0.05) is 91.4 Å². The van der Waals surface area contributed by atoms with Gasteiger partial charge in [0.05, 0.1) is 5.41 Å². The molecule has 0 spiro atoms. The molecule has 0 aliphatic carbocycles. The summed E-state index contributed by atoms with van der Waals surface area (Å²) in [7, 11) is 0. The Bertz CT molecular complexity index is 299. The summed E-state index contributed by atoms with van der Waals surface area (Å²) in [4.78, 5) is 11.0. The highest BCUT2D eigenvalue weighted by atomic mass is 16.4. The minimum Gasteiger partial charge on any atom is -0.481 e. The molecule has 0 aliphatic heterocycles. The van der Waals surface area contributed by atoms with E-state index in [-0.39, 0.29) is 0 Å². The van der Waals surface area contributed by atoms with Gasteiger partial charge in [-0.2, -0.15) is 0 Å². The van der Waals surface area contributed by atoms with Crippen LogP contribution in [0.25, 0.3) is 0 Å². The molecule has 0 amide bonds. The molecule has 0 saturated heterocycles. The minimum absolute atomic E-state index is 0.500. The van der Waals surface area contributed by atoms with Crippen LogP contribution in [0.2, 0.25) is 0 Å². The number of hydrogen-bond acceptors (Lipinski definition) is 1. The molecule has 138 valence electrons. The summed E-state index contributed by atoms with van der Waals surface area (Å²) in [6, 6.07) is 0. The molecule has 2 heteroatoms. The highest BCUT2D eigenvalue weighted by Gasteiger charge is 2.25. The number of aliphatic carboxylic acids is 1. The second kappa shape index (κ2) is 11.9. The second-order valence-electron chi connectivity index (χ2n) is 9.14. The van der Waals surface area contributed by atoms with Gasteiger partial charge < -0.3 is 5.11 Å². The van der Waals surface area contributed by atoms with E-state index < -0.39 is 11.4 Å². The molecule has 0 radical (unpaired) electrons. The predicted octanol–water partition coefficient (Wildman–Crippen LogP) is 7.21. The zero-order chi connectivity index (χ0) is 17.8. The minimum atomic E-state index is -0.667. The Kier molecular flexibility index (Phi) is 11.6. The number of hydrogen-bond donors (Lipinski definition) is 1. The van der Waals surface area contributed by atoms with E-state index in [1.807, 2.05) is 13.8 Å². The van der Waals surface area contributed by atoms with E-state index in [0.717, 1.165) is 12.8 Å². The fourth-order valence-electron chi connectivity index (χ4n) is 2.92. The van der Waals surface area contributed by atoms with Gasteiger partial charge in [0.2, 0.25) is 0 Å². The Balaban J connectivity index is 3.24. The van der Waals surface area contributed by atoms with E-state index >= 15 is 0 Å². The maximum absolute atomic E-state index is 11.0. The quantitative estimate of drug-likeness (QED) is 0.342. The smallest absolute Gasteiger partial charge is 0.309 e. The van der Waals surface area contributed by atoms with E-state index in [1.165, 1.54) is 70.6 Å². The predicted molar refractivity (Wildman–Crippen MR) is 101 cm³/mol. The van der Waals surface area contributed by atoms with E-state index in [0.29, 0.717) is 5.41 Å². The van der Waals surface area contributed by atoms with Crippen molar-refractivity contribution in [1.29, 1.82) is 0 Å². The average Bonchev–Trinajstić information content (AvgIpc) is 2.42. The normalized spacial score (nSPS) is 12.6. The lowest BCUT2D eigenvalue weighted by Gasteiger charge is -2.18. The number of carbonyl (C=O) groups is 1. The van der Waals surface area contributed by atoms with Crippen LogP contribution in [-0.4, -0.2) is 11.1 Å². The fraction of sp³-hybridized carbons (Fsp3) is 0.952. The topological polar surface area (TPSA) is 37.3 Å². The van der Waals surface area contributed by atoms with Crippen molar-refractivity contribution in [3.05, 3.63) is 0 Å². The van der Waals surface area contributed by atoms with E-state index in [9.17, 15) is 4.79 Å². The van der Waals surface area contributed by atoms with Gasteiger partial charge >= 0.3 is 5.97 Å².